The maximum absolute atomic E-state index is 12.7. The van der Waals surface area contributed by atoms with Crippen molar-refractivity contribution in [3.05, 3.63) is 60.0 Å². The lowest BCUT2D eigenvalue weighted by molar-refractivity contribution is 0.102. The van der Waals surface area contributed by atoms with Crippen LogP contribution in [0.5, 0.6) is 11.5 Å². The Morgan fingerprint density at radius 2 is 1.96 bits per heavy atom. The van der Waals surface area contributed by atoms with Crippen LogP contribution in [-0.2, 0) is 13.0 Å². The van der Waals surface area contributed by atoms with Gasteiger partial charge in [0.25, 0.3) is 5.91 Å². The first kappa shape index (κ1) is 15.0. The van der Waals surface area contributed by atoms with E-state index in [0.29, 0.717) is 18.8 Å². The van der Waals surface area contributed by atoms with E-state index in [2.05, 4.69) is 10.3 Å². The molecule has 6 nitrogen and oxygen atoms in total. The number of hydrogen-bond acceptors (Lipinski definition) is 4. The lowest BCUT2D eigenvalue weighted by Crippen LogP contribution is -2.12. The second-order valence-electron chi connectivity index (χ2n) is 6.41. The van der Waals surface area contributed by atoms with Gasteiger partial charge in [-0.15, -0.1) is 0 Å². The van der Waals surface area contributed by atoms with Gasteiger partial charge in [0.05, 0.1) is 31.4 Å². The monoisotopic (exact) mass is 347 g/mol. The lowest BCUT2D eigenvalue weighted by atomic mass is 10.1. The van der Waals surface area contributed by atoms with E-state index in [-0.39, 0.29) is 5.91 Å². The molecule has 1 amide bonds. The molecular weight excluding hydrogens is 330 g/mol. The quantitative estimate of drug-likeness (QED) is 0.773. The number of hydrogen-bond donors (Lipinski definition) is 1. The zero-order valence-corrected chi connectivity index (χ0v) is 14.1. The van der Waals surface area contributed by atoms with Crippen LogP contribution < -0.4 is 14.8 Å². The van der Waals surface area contributed by atoms with Crippen molar-refractivity contribution in [1.29, 1.82) is 0 Å². The van der Waals surface area contributed by atoms with Crippen molar-refractivity contribution in [2.24, 2.45) is 0 Å². The SMILES string of the molecule is O=C(Nc1ccc2c(c1)CCO2)c1ccc2c(c1)-c1cncn1CCO2. The third kappa shape index (κ3) is 2.50. The average Bonchev–Trinajstić information content (AvgIpc) is 3.27. The third-order valence-corrected chi connectivity index (χ3v) is 4.77. The van der Waals surface area contributed by atoms with E-state index in [4.69, 9.17) is 9.47 Å². The molecule has 3 aromatic rings. The summed E-state index contributed by atoms with van der Waals surface area (Å²) in [6.07, 6.45) is 4.46. The molecule has 0 radical (unpaired) electrons. The number of nitrogens with zero attached hydrogens (tertiary/aromatic N) is 2. The fraction of sp³-hybridized carbons (Fsp3) is 0.200. The van der Waals surface area contributed by atoms with Crippen LogP contribution in [0.15, 0.2) is 48.9 Å². The fourth-order valence-electron chi connectivity index (χ4n) is 3.44. The Kier molecular flexibility index (Phi) is 3.41. The van der Waals surface area contributed by atoms with E-state index in [0.717, 1.165) is 47.0 Å². The van der Waals surface area contributed by atoms with Gasteiger partial charge in [-0.2, -0.15) is 0 Å². The maximum atomic E-state index is 12.7. The molecule has 0 bridgehead atoms. The number of fused-ring (bicyclic) bond motifs is 4. The second-order valence-corrected chi connectivity index (χ2v) is 6.41. The molecule has 2 aliphatic rings. The second kappa shape index (κ2) is 5.91. The number of rotatable bonds is 2. The summed E-state index contributed by atoms with van der Waals surface area (Å²) in [6.45, 7) is 2.02. The molecule has 130 valence electrons. The van der Waals surface area contributed by atoms with Crippen LogP contribution in [0, 0.1) is 0 Å². The number of imidazole rings is 1. The van der Waals surface area contributed by atoms with Gasteiger partial charge in [-0.25, -0.2) is 4.98 Å². The summed E-state index contributed by atoms with van der Waals surface area (Å²) < 4.78 is 13.3. The molecule has 0 saturated carbocycles. The van der Waals surface area contributed by atoms with Gasteiger partial charge in [0.1, 0.15) is 18.1 Å². The van der Waals surface area contributed by atoms with Crippen LogP contribution in [0.4, 0.5) is 5.69 Å². The molecule has 2 aromatic carbocycles. The number of ether oxygens (including phenoxy) is 2. The highest BCUT2D eigenvalue weighted by Gasteiger charge is 2.18. The number of anilines is 1. The van der Waals surface area contributed by atoms with Crippen LogP contribution in [0.2, 0.25) is 0 Å². The maximum Gasteiger partial charge on any atom is 0.255 e. The summed E-state index contributed by atoms with van der Waals surface area (Å²) in [6, 6.07) is 11.2. The van der Waals surface area contributed by atoms with Gasteiger partial charge in [-0.05, 0) is 42.0 Å². The Bertz CT molecular complexity index is 1010. The highest BCUT2D eigenvalue weighted by atomic mass is 16.5. The van der Waals surface area contributed by atoms with Gasteiger partial charge in [-0.3, -0.25) is 4.79 Å². The minimum absolute atomic E-state index is 0.151. The summed E-state index contributed by atoms with van der Waals surface area (Å²) in [5.74, 6) is 1.52. The largest absolute Gasteiger partial charge is 0.493 e. The molecule has 0 atom stereocenters. The highest BCUT2D eigenvalue weighted by molar-refractivity contribution is 6.05. The van der Waals surface area contributed by atoms with Crippen LogP contribution in [0.25, 0.3) is 11.3 Å². The van der Waals surface area contributed by atoms with Gasteiger partial charge >= 0.3 is 0 Å². The summed E-state index contributed by atoms with van der Waals surface area (Å²) in [5.41, 5.74) is 4.33. The number of carbonyl (C=O) groups excluding carboxylic acids is 1. The minimum Gasteiger partial charge on any atom is -0.493 e. The summed E-state index contributed by atoms with van der Waals surface area (Å²) in [7, 11) is 0. The van der Waals surface area contributed by atoms with Crippen LogP contribution in [0.3, 0.4) is 0 Å². The van der Waals surface area contributed by atoms with Crippen molar-refractivity contribution in [2.45, 2.75) is 13.0 Å². The van der Waals surface area contributed by atoms with Crippen LogP contribution in [0.1, 0.15) is 15.9 Å². The number of carbonyl (C=O) groups is 1. The number of amides is 1. The standard InChI is InChI=1S/C20H17N3O3/c24-20(22-15-2-4-18-13(9-15)5-7-25-18)14-1-3-19-16(10-14)17-11-21-12-23(17)6-8-26-19/h1-4,9-12H,5-8H2,(H,22,24). The minimum atomic E-state index is -0.151. The topological polar surface area (TPSA) is 65.4 Å². The lowest BCUT2D eigenvalue weighted by Gasteiger charge is -2.10. The van der Waals surface area contributed by atoms with E-state index in [1.54, 1.807) is 18.6 Å². The van der Waals surface area contributed by atoms with Gasteiger partial charge in [0, 0.05) is 23.2 Å². The first-order valence-electron chi connectivity index (χ1n) is 8.62. The molecule has 6 heteroatoms. The van der Waals surface area contributed by atoms with Crippen molar-refractivity contribution in [3.63, 3.8) is 0 Å². The third-order valence-electron chi connectivity index (χ3n) is 4.77. The number of aromatic nitrogens is 2. The Balaban J connectivity index is 1.45. The molecule has 0 unspecified atom stereocenters. The normalized spacial score (nSPS) is 14.3. The Morgan fingerprint density at radius 1 is 1.08 bits per heavy atom. The molecule has 1 aromatic heterocycles. The van der Waals surface area contributed by atoms with Crippen molar-refractivity contribution >= 4 is 11.6 Å². The van der Waals surface area contributed by atoms with Crippen molar-refractivity contribution in [1.82, 2.24) is 9.55 Å². The zero-order chi connectivity index (χ0) is 17.5. The molecule has 0 fully saturated rings. The average molecular weight is 347 g/mol. The number of benzene rings is 2. The van der Waals surface area contributed by atoms with Gasteiger partial charge in [-0.1, -0.05) is 0 Å². The molecule has 5 rings (SSSR count). The van der Waals surface area contributed by atoms with E-state index in [9.17, 15) is 4.79 Å². The summed E-state index contributed by atoms with van der Waals surface area (Å²) in [4.78, 5) is 16.9. The first-order chi connectivity index (χ1) is 12.8. The van der Waals surface area contributed by atoms with Crippen LogP contribution in [-0.4, -0.2) is 28.7 Å². The molecular formula is C20H17N3O3. The predicted octanol–water partition coefficient (Wildman–Crippen LogP) is 3.13. The van der Waals surface area contributed by atoms with Gasteiger partial charge in [0.2, 0.25) is 0 Å². The highest BCUT2D eigenvalue weighted by Crippen LogP contribution is 2.33. The van der Waals surface area contributed by atoms with E-state index in [1.165, 1.54) is 0 Å². The zero-order valence-electron chi connectivity index (χ0n) is 14.1. The van der Waals surface area contributed by atoms with E-state index >= 15 is 0 Å². The predicted molar refractivity (Wildman–Crippen MR) is 96.8 cm³/mol. The molecule has 0 aliphatic carbocycles. The fourth-order valence-corrected chi connectivity index (χ4v) is 3.44. The first-order valence-corrected chi connectivity index (χ1v) is 8.62. The van der Waals surface area contributed by atoms with E-state index < -0.39 is 0 Å². The van der Waals surface area contributed by atoms with E-state index in [1.807, 2.05) is 34.9 Å². The molecule has 0 spiro atoms. The number of nitrogens with one attached hydrogen (secondary N) is 1. The molecule has 2 aliphatic heterocycles. The summed E-state index contributed by atoms with van der Waals surface area (Å²) >= 11 is 0. The van der Waals surface area contributed by atoms with Crippen molar-refractivity contribution in [2.75, 3.05) is 18.5 Å². The van der Waals surface area contributed by atoms with Gasteiger partial charge < -0.3 is 19.4 Å². The Labute approximate surface area is 150 Å². The molecule has 3 heterocycles. The Morgan fingerprint density at radius 3 is 2.92 bits per heavy atom. The Hall–Kier alpha value is -3.28. The molecule has 0 saturated heterocycles. The van der Waals surface area contributed by atoms with Gasteiger partial charge in [0.15, 0.2) is 0 Å². The van der Waals surface area contributed by atoms with Crippen molar-refractivity contribution < 1.29 is 14.3 Å². The molecule has 26 heavy (non-hydrogen) atoms. The smallest absolute Gasteiger partial charge is 0.255 e. The van der Waals surface area contributed by atoms with Crippen LogP contribution >= 0.6 is 0 Å². The van der Waals surface area contributed by atoms with Crippen molar-refractivity contribution in [3.8, 4) is 22.8 Å². The summed E-state index contributed by atoms with van der Waals surface area (Å²) in [5, 5.41) is 2.97. The molecule has 1 N–H and O–H groups in total.